The van der Waals surface area contributed by atoms with Gasteiger partial charge in [-0.25, -0.2) is 0 Å². The molecule has 1 aliphatic rings. The van der Waals surface area contributed by atoms with Crippen molar-refractivity contribution in [2.45, 2.75) is 12.1 Å². The maximum Gasteiger partial charge on any atom is 0.397 e. The number of fused-ring (bicyclic) bond motifs is 1. The Bertz CT molecular complexity index is 574. The van der Waals surface area contributed by atoms with Crippen LogP contribution in [0.1, 0.15) is 21.8 Å². The van der Waals surface area contributed by atoms with Crippen LogP contribution in [0.2, 0.25) is 0 Å². The second-order valence-corrected chi connectivity index (χ2v) is 5.65. The number of rotatable bonds is 2. The van der Waals surface area contributed by atoms with E-state index in [9.17, 15) is 22.8 Å². The molecule has 0 bridgehead atoms. The molecule has 1 aromatic rings. The molecular weight excluding hydrogens is 390 g/mol. The van der Waals surface area contributed by atoms with Gasteiger partial charge in [0.1, 0.15) is 6.54 Å². The number of amides is 1. The molecule has 0 radical (unpaired) electrons. The van der Waals surface area contributed by atoms with Crippen LogP contribution in [0.25, 0.3) is 0 Å². The minimum Gasteiger partial charge on any atom is -0.480 e. The average Bonchev–Trinajstić information content (AvgIpc) is 2.30. The second-order valence-electron chi connectivity index (χ2n) is 4.41. The first kappa shape index (κ1) is 15.1. The summed E-state index contributed by atoms with van der Waals surface area (Å²) in [4.78, 5) is 23.4. The third-order valence-electron chi connectivity index (χ3n) is 3.03. The zero-order chi connectivity index (χ0) is 15.1. The highest BCUT2D eigenvalue weighted by Gasteiger charge is 2.47. The fraction of sp³-hybridized carbons (Fsp3) is 0.333. The predicted molar refractivity (Wildman–Crippen MR) is 71.5 cm³/mol. The molecular formula is C12H9F3INO3. The fourth-order valence-electron chi connectivity index (χ4n) is 2.17. The molecule has 8 heteroatoms. The number of hydrogen-bond donors (Lipinski definition) is 1. The topological polar surface area (TPSA) is 57.6 Å². The van der Waals surface area contributed by atoms with E-state index in [4.69, 9.17) is 5.11 Å². The zero-order valence-electron chi connectivity index (χ0n) is 9.95. The molecule has 0 aliphatic carbocycles. The van der Waals surface area contributed by atoms with Crippen LogP contribution < -0.4 is 0 Å². The Kier molecular flexibility index (Phi) is 3.94. The predicted octanol–water partition coefficient (Wildman–Crippen LogP) is 2.48. The number of alkyl halides is 3. The number of nitrogens with zero attached hydrogens (tertiary/aromatic N) is 1. The molecule has 108 valence electrons. The lowest BCUT2D eigenvalue weighted by Gasteiger charge is -2.34. The fourth-order valence-corrected chi connectivity index (χ4v) is 2.68. The molecule has 1 aliphatic heterocycles. The SMILES string of the molecule is O=C(O)CN1CC(C(F)(F)F)c2cc(I)ccc2C1=O. The van der Waals surface area contributed by atoms with Crippen LogP contribution >= 0.6 is 22.6 Å². The van der Waals surface area contributed by atoms with Crippen LogP contribution in [0.3, 0.4) is 0 Å². The monoisotopic (exact) mass is 399 g/mol. The van der Waals surface area contributed by atoms with Gasteiger partial charge in [-0.05, 0) is 46.4 Å². The van der Waals surface area contributed by atoms with Gasteiger partial charge < -0.3 is 10.0 Å². The molecule has 2 rings (SSSR count). The molecule has 1 aromatic carbocycles. The number of carboxylic acids is 1. The second kappa shape index (κ2) is 5.23. The molecule has 0 aromatic heterocycles. The van der Waals surface area contributed by atoms with Crippen molar-refractivity contribution < 1.29 is 27.9 Å². The van der Waals surface area contributed by atoms with Gasteiger partial charge in [0.15, 0.2) is 0 Å². The minimum absolute atomic E-state index is 0.0831. The van der Waals surface area contributed by atoms with Gasteiger partial charge in [-0.3, -0.25) is 9.59 Å². The van der Waals surface area contributed by atoms with E-state index in [0.29, 0.717) is 3.57 Å². The van der Waals surface area contributed by atoms with Crippen LogP contribution in [0.15, 0.2) is 18.2 Å². The molecule has 1 unspecified atom stereocenters. The number of halogens is 4. The number of hydrogen-bond acceptors (Lipinski definition) is 2. The highest BCUT2D eigenvalue weighted by atomic mass is 127. The Hall–Kier alpha value is -1.32. The summed E-state index contributed by atoms with van der Waals surface area (Å²) in [5.41, 5.74) is -0.170. The Morgan fingerprint density at radius 2 is 2.10 bits per heavy atom. The first-order valence-electron chi connectivity index (χ1n) is 5.57. The van der Waals surface area contributed by atoms with Crippen molar-refractivity contribution in [3.05, 3.63) is 32.9 Å². The van der Waals surface area contributed by atoms with E-state index >= 15 is 0 Å². The van der Waals surface area contributed by atoms with E-state index in [2.05, 4.69) is 0 Å². The summed E-state index contributed by atoms with van der Waals surface area (Å²) >= 11 is 1.87. The van der Waals surface area contributed by atoms with Gasteiger partial charge in [0.25, 0.3) is 5.91 Å². The van der Waals surface area contributed by atoms with Gasteiger partial charge in [-0.15, -0.1) is 0 Å². The van der Waals surface area contributed by atoms with Crippen molar-refractivity contribution in [3.8, 4) is 0 Å². The number of carbonyl (C=O) groups excluding carboxylic acids is 1. The lowest BCUT2D eigenvalue weighted by molar-refractivity contribution is -0.156. The van der Waals surface area contributed by atoms with Crippen LogP contribution in [0, 0.1) is 3.57 Å². The van der Waals surface area contributed by atoms with E-state index < -0.39 is 37.1 Å². The van der Waals surface area contributed by atoms with E-state index in [1.54, 1.807) is 0 Å². The van der Waals surface area contributed by atoms with E-state index in [1.165, 1.54) is 18.2 Å². The number of carboxylic acid groups (broad SMARTS) is 1. The third-order valence-corrected chi connectivity index (χ3v) is 3.70. The van der Waals surface area contributed by atoms with Crippen molar-refractivity contribution in [3.63, 3.8) is 0 Å². The van der Waals surface area contributed by atoms with Gasteiger partial charge in [0, 0.05) is 15.7 Å². The maximum atomic E-state index is 13.1. The molecule has 4 nitrogen and oxygen atoms in total. The largest absolute Gasteiger partial charge is 0.480 e. The van der Waals surface area contributed by atoms with Crippen LogP contribution in [0.5, 0.6) is 0 Å². The van der Waals surface area contributed by atoms with Crippen molar-refractivity contribution in [1.29, 1.82) is 0 Å². The van der Waals surface area contributed by atoms with Gasteiger partial charge in [0.05, 0.1) is 5.92 Å². The van der Waals surface area contributed by atoms with E-state index in [-0.39, 0.29) is 11.1 Å². The van der Waals surface area contributed by atoms with Gasteiger partial charge in [-0.2, -0.15) is 13.2 Å². The smallest absolute Gasteiger partial charge is 0.397 e. The lowest BCUT2D eigenvalue weighted by atomic mass is 9.89. The summed E-state index contributed by atoms with van der Waals surface area (Å²) in [5.74, 6) is -3.88. The van der Waals surface area contributed by atoms with Crippen molar-refractivity contribution in [2.75, 3.05) is 13.1 Å². The van der Waals surface area contributed by atoms with Gasteiger partial charge >= 0.3 is 12.1 Å². The molecule has 0 saturated carbocycles. The summed E-state index contributed by atoms with van der Waals surface area (Å²) < 4.78 is 39.9. The van der Waals surface area contributed by atoms with Gasteiger partial charge in [0.2, 0.25) is 0 Å². The number of aliphatic carboxylic acids is 1. The highest BCUT2D eigenvalue weighted by molar-refractivity contribution is 14.1. The summed E-state index contributed by atoms with van der Waals surface area (Å²) in [6.45, 7) is -1.40. The molecule has 0 fully saturated rings. The summed E-state index contributed by atoms with van der Waals surface area (Å²) in [6, 6.07) is 4.16. The van der Waals surface area contributed by atoms with E-state index in [0.717, 1.165) is 4.90 Å². The highest BCUT2D eigenvalue weighted by Crippen LogP contribution is 2.40. The van der Waals surface area contributed by atoms with Crippen molar-refractivity contribution in [1.82, 2.24) is 4.90 Å². The Morgan fingerprint density at radius 3 is 2.65 bits per heavy atom. The van der Waals surface area contributed by atoms with Crippen molar-refractivity contribution >= 4 is 34.5 Å². The Balaban J connectivity index is 2.50. The third kappa shape index (κ3) is 2.89. The van der Waals surface area contributed by atoms with Crippen LogP contribution in [0.4, 0.5) is 13.2 Å². The number of benzene rings is 1. The number of carbonyl (C=O) groups is 2. The molecule has 1 amide bonds. The normalized spacial score (nSPS) is 18.9. The Labute approximate surface area is 125 Å². The minimum atomic E-state index is -4.53. The lowest BCUT2D eigenvalue weighted by Crippen LogP contribution is -2.46. The molecule has 1 N–H and O–H groups in total. The molecule has 0 spiro atoms. The van der Waals surface area contributed by atoms with E-state index in [1.807, 2.05) is 22.6 Å². The average molecular weight is 399 g/mol. The molecule has 1 heterocycles. The quantitative estimate of drug-likeness (QED) is 0.778. The first-order chi connectivity index (χ1) is 9.20. The molecule has 0 saturated heterocycles. The first-order valence-corrected chi connectivity index (χ1v) is 6.65. The molecule has 20 heavy (non-hydrogen) atoms. The van der Waals surface area contributed by atoms with Crippen LogP contribution in [-0.2, 0) is 4.79 Å². The van der Waals surface area contributed by atoms with Crippen LogP contribution in [-0.4, -0.2) is 41.1 Å². The standard InChI is InChI=1S/C12H9F3INO3/c13-12(14,15)9-4-17(5-10(18)19)11(20)7-2-1-6(16)3-8(7)9/h1-3,9H,4-5H2,(H,18,19). The zero-order valence-corrected chi connectivity index (χ0v) is 12.1. The maximum absolute atomic E-state index is 13.1. The summed E-state index contributed by atoms with van der Waals surface area (Å²) in [6.07, 6.45) is -4.53. The summed E-state index contributed by atoms with van der Waals surface area (Å²) in [7, 11) is 0. The van der Waals surface area contributed by atoms with Gasteiger partial charge in [-0.1, -0.05) is 0 Å². The summed E-state index contributed by atoms with van der Waals surface area (Å²) in [5, 5.41) is 8.69. The van der Waals surface area contributed by atoms with Crippen molar-refractivity contribution in [2.24, 2.45) is 0 Å². The molecule has 1 atom stereocenters. The Morgan fingerprint density at radius 1 is 1.45 bits per heavy atom.